The molecule has 19 nitrogen and oxygen atoms in total. The van der Waals surface area contributed by atoms with E-state index in [0.29, 0.717) is 17.0 Å². The molecule has 3 fully saturated rings. The van der Waals surface area contributed by atoms with E-state index in [0.717, 1.165) is 0 Å². The Labute approximate surface area is 248 Å². The maximum absolute atomic E-state index is 13.1. The molecule has 230 valence electrons. The van der Waals surface area contributed by atoms with Crippen molar-refractivity contribution in [3.8, 4) is 0 Å². The highest BCUT2D eigenvalue weighted by molar-refractivity contribution is 8.41. The van der Waals surface area contributed by atoms with E-state index in [1.807, 2.05) is 0 Å². The van der Waals surface area contributed by atoms with Gasteiger partial charge in [-0.25, -0.2) is 14.2 Å². The van der Waals surface area contributed by atoms with Gasteiger partial charge in [-0.2, -0.15) is 0 Å². The molecule has 1 aromatic carbocycles. The average molecular weight is 657 g/mol. The summed E-state index contributed by atoms with van der Waals surface area (Å²) in [5, 5.41) is 22.4. The zero-order valence-electron chi connectivity index (χ0n) is 21.9. The van der Waals surface area contributed by atoms with Crippen LogP contribution in [0.5, 0.6) is 0 Å². The van der Waals surface area contributed by atoms with Crippen molar-refractivity contribution in [3.63, 3.8) is 0 Å². The highest BCUT2D eigenvalue weighted by atomic mass is 32.7. The monoisotopic (exact) mass is 657 g/mol. The summed E-state index contributed by atoms with van der Waals surface area (Å²) in [5.74, 6) is 0.586. The fourth-order valence-corrected chi connectivity index (χ4v) is 7.72. The van der Waals surface area contributed by atoms with E-state index in [1.54, 1.807) is 17.0 Å². The Morgan fingerprint density at radius 2 is 1.98 bits per heavy atom. The quantitative estimate of drug-likeness (QED) is 0.137. The predicted molar refractivity (Wildman–Crippen MR) is 150 cm³/mol. The van der Waals surface area contributed by atoms with Gasteiger partial charge in [-0.15, -0.1) is 5.10 Å². The lowest BCUT2D eigenvalue weighted by molar-refractivity contribution is -0.383. The number of thiol groups is 1. The van der Waals surface area contributed by atoms with Gasteiger partial charge in [-0.05, 0) is 6.07 Å². The molecule has 3 aromatic rings. The molecule has 0 radical (unpaired) electrons. The van der Waals surface area contributed by atoms with Gasteiger partial charge in [-0.3, -0.25) is 28.7 Å². The third-order valence-electron chi connectivity index (χ3n) is 7.41. The zero-order chi connectivity index (χ0) is 29.9. The summed E-state index contributed by atoms with van der Waals surface area (Å²) in [6.45, 7) is -0.447. The third-order valence-corrected chi connectivity index (χ3v) is 9.87. The number of aliphatic imine (C=N–C) groups is 1. The first-order chi connectivity index (χ1) is 20.7. The number of phosphoric ester groups is 1. The standard InChI is InChI=1S/C21H25N9O10P2S/c22-20-19-21(24-8-23-20)28(9-25-19)16-5-13-14(37-16)6-35-41(43)39-12-4-17(38-15(12)7-36-42(33,34)40-13)29-10-2-1-3-11(30(31)32)18(10)26-27-29/h1-3,8-9,12-17,20,43H,4-7,22H2,(H,23,24)(H,33,34)/t12-,13-,14?,15?,16?,17?,20?,41?/m0/s1. The Morgan fingerprint density at radius 3 is 2.81 bits per heavy atom. The first kappa shape index (κ1) is 29.1. The molecule has 6 heterocycles. The molecule has 7 rings (SSSR count). The van der Waals surface area contributed by atoms with E-state index >= 15 is 0 Å². The molecule has 22 heteroatoms. The summed E-state index contributed by atoms with van der Waals surface area (Å²) in [5.41, 5.74) is 6.80. The number of nitro benzene ring substituents is 1. The molecule has 0 aliphatic carbocycles. The van der Waals surface area contributed by atoms with Crippen molar-refractivity contribution in [2.75, 3.05) is 18.5 Å². The van der Waals surface area contributed by atoms with Crippen molar-refractivity contribution in [1.82, 2.24) is 24.5 Å². The number of nitrogens with zero attached hydrogens (tertiary/aromatic N) is 7. The fourth-order valence-electron chi connectivity index (χ4n) is 5.41. The van der Waals surface area contributed by atoms with Crippen LogP contribution < -0.4 is 11.1 Å². The van der Waals surface area contributed by atoms with Crippen LogP contribution in [0.1, 0.15) is 37.2 Å². The summed E-state index contributed by atoms with van der Waals surface area (Å²) in [4.78, 5) is 29.9. The lowest BCUT2D eigenvalue weighted by atomic mass is 10.2. The van der Waals surface area contributed by atoms with Gasteiger partial charge in [-0.1, -0.05) is 23.5 Å². The number of ether oxygens (including phenoxy) is 2. The normalized spacial score (nSPS) is 36.3. The zero-order valence-corrected chi connectivity index (χ0v) is 24.6. The van der Waals surface area contributed by atoms with Crippen LogP contribution in [0.4, 0.5) is 11.5 Å². The maximum Gasteiger partial charge on any atom is 0.472 e. The molecule has 7 unspecified atom stereocenters. The van der Waals surface area contributed by atoms with Gasteiger partial charge in [0.15, 0.2) is 11.7 Å². The second-order valence-electron chi connectivity index (χ2n) is 10.0. The number of aromatic nitrogens is 5. The molecule has 2 aromatic heterocycles. The van der Waals surface area contributed by atoms with Gasteiger partial charge in [0.05, 0.1) is 42.4 Å². The number of nitrogens with two attached hydrogens (primary N) is 1. The molecule has 0 amide bonds. The van der Waals surface area contributed by atoms with Crippen LogP contribution >= 0.6 is 27.6 Å². The van der Waals surface area contributed by atoms with Crippen molar-refractivity contribution < 1.29 is 42.0 Å². The minimum absolute atomic E-state index is 0.0687. The first-order valence-electron chi connectivity index (χ1n) is 13.0. The Kier molecular flexibility index (Phi) is 7.71. The van der Waals surface area contributed by atoms with E-state index in [1.165, 1.54) is 23.2 Å². The van der Waals surface area contributed by atoms with Crippen LogP contribution in [0.2, 0.25) is 0 Å². The van der Waals surface area contributed by atoms with E-state index in [2.05, 4.69) is 37.9 Å². The summed E-state index contributed by atoms with van der Waals surface area (Å²) in [6, 6.07) is 4.48. The smallest absolute Gasteiger partial charge is 0.349 e. The molecule has 4 N–H and O–H groups in total. The van der Waals surface area contributed by atoms with Crippen LogP contribution in [0, 0.1) is 10.1 Å². The minimum Gasteiger partial charge on any atom is -0.349 e. The summed E-state index contributed by atoms with van der Waals surface area (Å²) >= 11 is 4.49. The minimum atomic E-state index is -4.62. The number of hydrogen-bond acceptors (Lipinski definition) is 16. The fraction of sp³-hybridized carbons (Fsp3) is 0.524. The van der Waals surface area contributed by atoms with E-state index in [9.17, 15) is 19.6 Å². The number of hydrogen-bond donors (Lipinski definition) is 4. The number of fused-ring (bicyclic) bond motifs is 4. The van der Waals surface area contributed by atoms with E-state index in [-0.39, 0.29) is 37.3 Å². The Morgan fingerprint density at radius 1 is 1.19 bits per heavy atom. The van der Waals surface area contributed by atoms with Gasteiger partial charge in [0.2, 0.25) is 7.58 Å². The second kappa shape index (κ2) is 11.4. The summed E-state index contributed by atoms with van der Waals surface area (Å²) in [7, 11) is -6.39. The molecule has 9 atom stereocenters. The van der Waals surface area contributed by atoms with Crippen LogP contribution in [-0.2, 0) is 32.1 Å². The highest BCUT2D eigenvalue weighted by Crippen LogP contribution is 2.53. The molecule has 43 heavy (non-hydrogen) atoms. The van der Waals surface area contributed by atoms with Crippen molar-refractivity contribution in [2.45, 2.75) is 55.9 Å². The molecule has 0 spiro atoms. The van der Waals surface area contributed by atoms with Gasteiger partial charge in [0, 0.05) is 18.9 Å². The predicted octanol–water partition coefficient (Wildman–Crippen LogP) is 2.30. The first-order valence-corrected chi connectivity index (χ1v) is 16.8. The van der Waals surface area contributed by atoms with Crippen molar-refractivity contribution >= 4 is 56.5 Å². The van der Waals surface area contributed by atoms with Gasteiger partial charge < -0.3 is 34.5 Å². The number of rotatable bonds is 3. The number of non-ortho nitro benzene ring substituents is 1. The van der Waals surface area contributed by atoms with Crippen molar-refractivity contribution in [2.24, 2.45) is 10.7 Å². The average Bonchev–Trinajstić information content (AvgIpc) is 3.75. The molecule has 4 aliphatic heterocycles. The molecule has 0 saturated carbocycles. The van der Waals surface area contributed by atoms with Crippen molar-refractivity contribution in [3.05, 3.63) is 40.3 Å². The van der Waals surface area contributed by atoms with Gasteiger partial charge in [0.25, 0.3) is 5.69 Å². The lowest BCUT2D eigenvalue weighted by Gasteiger charge is -2.27. The molecule has 3 saturated heterocycles. The number of benzene rings is 1. The molecular weight excluding hydrogens is 632 g/mol. The lowest BCUT2D eigenvalue weighted by Crippen LogP contribution is -2.31. The van der Waals surface area contributed by atoms with Gasteiger partial charge in [0.1, 0.15) is 42.2 Å². The molecular formula is C21H25N9O10P2S. The number of phosphoric acid groups is 1. The van der Waals surface area contributed by atoms with E-state index < -0.39 is 63.4 Å². The largest absolute Gasteiger partial charge is 0.472 e. The Hall–Kier alpha value is -2.61. The summed E-state index contributed by atoms with van der Waals surface area (Å²) < 4.78 is 51.3. The van der Waals surface area contributed by atoms with Crippen LogP contribution in [0.25, 0.3) is 11.0 Å². The molecule has 0 bridgehead atoms. The number of imidazole rings is 1. The number of anilines is 1. The topological polar surface area (TPSA) is 235 Å². The highest BCUT2D eigenvalue weighted by Gasteiger charge is 2.46. The van der Waals surface area contributed by atoms with Crippen LogP contribution in [0.3, 0.4) is 0 Å². The number of nitro groups is 1. The SMILES string of the molecule is NC1N=CNc2c1ncn2C1C[C@@H]2OP(=O)(O)OCC3OC(n4nnc5c([N+](=O)[O-])cccc54)C[C@@H]3OP(S)OCC2O1. The Balaban J connectivity index is 1.08. The Bertz CT molecular complexity index is 1620. The maximum atomic E-state index is 13.1. The van der Waals surface area contributed by atoms with Crippen LogP contribution in [-0.4, -0.2) is 78.3 Å². The summed E-state index contributed by atoms with van der Waals surface area (Å²) in [6.07, 6.45) is -1.90. The van der Waals surface area contributed by atoms with E-state index in [4.69, 9.17) is 33.3 Å². The second-order valence-corrected chi connectivity index (χ2v) is 13.3. The third kappa shape index (κ3) is 5.57. The molecule has 4 aliphatic rings. The van der Waals surface area contributed by atoms with Crippen molar-refractivity contribution in [1.29, 1.82) is 0 Å². The van der Waals surface area contributed by atoms with Crippen LogP contribution in [0.15, 0.2) is 29.5 Å². The van der Waals surface area contributed by atoms with Gasteiger partial charge >= 0.3 is 7.82 Å². The number of nitrogens with one attached hydrogen (secondary N) is 1.